The molecule has 37 heavy (non-hydrogen) atoms. The molecule has 1 saturated carbocycles. The maximum absolute atomic E-state index is 14.0. The van der Waals surface area contributed by atoms with Crippen LogP contribution in [0.15, 0.2) is 42.5 Å². The van der Waals surface area contributed by atoms with Crippen molar-refractivity contribution in [3.63, 3.8) is 0 Å². The summed E-state index contributed by atoms with van der Waals surface area (Å²) in [4.78, 5) is 21.4. The number of nitrogens with one attached hydrogen (secondary N) is 3. The summed E-state index contributed by atoms with van der Waals surface area (Å²) in [6, 6.07) is 8.14. The molecule has 12 heteroatoms. The van der Waals surface area contributed by atoms with Crippen LogP contribution in [0.3, 0.4) is 0 Å². The summed E-state index contributed by atoms with van der Waals surface area (Å²) in [5, 5.41) is 11.3. The van der Waals surface area contributed by atoms with Gasteiger partial charge in [-0.1, -0.05) is 6.07 Å². The molecule has 0 saturated heterocycles. The van der Waals surface area contributed by atoms with E-state index in [1.54, 1.807) is 6.07 Å². The monoisotopic (exact) mass is 532 g/mol. The zero-order chi connectivity index (χ0) is 26.7. The van der Waals surface area contributed by atoms with Gasteiger partial charge >= 0.3 is 12.2 Å². The van der Waals surface area contributed by atoms with Gasteiger partial charge in [-0.2, -0.15) is 13.2 Å². The van der Waals surface area contributed by atoms with Crippen molar-refractivity contribution in [2.24, 2.45) is 11.7 Å². The predicted molar refractivity (Wildman–Crippen MR) is 137 cm³/mol. The molecule has 7 N–H and O–H groups in total. The summed E-state index contributed by atoms with van der Waals surface area (Å²) in [5.74, 6) is -0.0701. The summed E-state index contributed by atoms with van der Waals surface area (Å²) in [7, 11) is 0. The number of alkyl halides is 3. The predicted octanol–water partition coefficient (Wildman–Crippen LogP) is 5.59. The van der Waals surface area contributed by atoms with E-state index in [2.05, 4.69) is 10.6 Å². The Hall–Kier alpha value is -3.51. The van der Waals surface area contributed by atoms with E-state index in [1.807, 2.05) is 13.0 Å². The smallest absolute Gasteiger partial charge is 0.412 e. The van der Waals surface area contributed by atoms with E-state index >= 15 is 0 Å². The summed E-state index contributed by atoms with van der Waals surface area (Å²) < 4.78 is 55.7. The van der Waals surface area contributed by atoms with Crippen LogP contribution in [0.5, 0.6) is 0 Å². The molecular formula is C25H36F4N4O4. The quantitative estimate of drug-likeness (QED) is 0.272. The highest BCUT2D eigenvalue weighted by Gasteiger charge is 2.30. The number of hydrogen-bond donors (Lipinski definition) is 4. The first-order valence-corrected chi connectivity index (χ1v) is 11.5. The molecule has 0 unspecified atom stereocenters. The number of benzene rings is 2. The number of urea groups is 1. The normalized spacial score (nSPS) is 16.9. The lowest BCUT2D eigenvalue weighted by molar-refractivity contribution is -0.137. The zero-order valence-electron chi connectivity index (χ0n) is 20.3. The second-order valence-electron chi connectivity index (χ2n) is 8.31. The fourth-order valence-corrected chi connectivity index (χ4v) is 3.89. The Labute approximate surface area is 215 Å². The number of carbonyl (C=O) groups is 2. The minimum absolute atomic E-state index is 0. The van der Waals surface area contributed by atoms with E-state index < -0.39 is 29.5 Å². The second kappa shape index (κ2) is 14.9. The molecule has 0 atom stereocenters. The van der Waals surface area contributed by atoms with Crippen molar-refractivity contribution in [2.75, 3.05) is 23.8 Å². The zero-order valence-corrected chi connectivity index (χ0v) is 20.3. The van der Waals surface area contributed by atoms with Crippen LogP contribution in [0.2, 0.25) is 0 Å². The average molecular weight is 533 g/mol. The van der Waals surface area contributed by atoms with E-state index in [0.717, 1.165) is 68.7 Å². The molecule has 208 valence electrons. The van der Waals surface area contributed by atoms with Gasteiger partial charge in [-0.05, 0) is 86.4 Å². The lowest BCUT2D eigenvalue weighted by Gasteiger charge is -2.28. The fourth-order valence-electron chi connectivity index (χ4n) is 3.89. The third-order valence-electron chi connectivity index (χ3n) is 5.74. The van der Waals surface area contributed by atoms with Crippen molar-refractivity contribution < 1.29 is 40.2 Å². The first kappa shape index (κ1) is 31.5. The maximum atomic E-state index is 14.0. The molecule has 1 fully saturated rings. The summed E-state index contributed by atoms with van der Waals surface area (Å²) in [6.07, 6.45) is 0.572. The Morgan fingerprint density at radius 2 is 1.73 bits per heavy atom. The summed E-state index contributed by atoms with van der Waals surface area (Å²) in [6.45, 7) is 3.59. The topological polar surface area (TPSA) is 149 Å². The van der Waals surface area contributed by atoms with Gasteiger partial charge in [-0.25, -0.2) is 9.18 Å². The van der Waals surface area contributed by atoms with Crippen LogP contribution >= 0.6 is 0 Å². The van der Waals surface area contributed by atoms with Gasteiger partial charge in [0.25, 0.3) is 5.91 Å². The van der Waals surface area contributed by atoms with Crippen LogP contribution in [0.4, 0.5) is 33.7 Å². The maximum Gasteiger partial charge on any atom is 0.416 e. The van der Waals surface area contributed by atoms with Gasteiger partial charge < -0.3 is 32.0 Å². The number of carbonyl (C=O) groups excluding carboxylic acids is 2. The molecule has 3 rings (SSSR count). The summed E-state index contributed by atoms with van der Waals surface area (Å²) in [5.41, 5.74) is 5.35. The van der Waals surface area contributed by atoms with Gasteiger partial charge in [-0.3, -0.25) is 4.79 Å². The van der Waals surface area contributed by atoms with Gasteiger partial charge in [0.1, 0.15) is 5.82 Å². The molecule has 2 aromatic carbocycles. The number of rotatable bonds is 7. The van der Waals surface area contributed by atoms with Crippen LogP contribution in [0, 0.1) is 17.1 Å². The number of amides is 3. The van der Waals surface area contributed by atoms with Crippen molar-refractivity contribution in [2.45, 2.75) is 44.7 Å². The molecular weight excluding hydrogens is 496 g/mol. The SMILES string of the molecule is CCOCC1CCC(c2ccc(NC(=O)C=N)c(F)c2)CC1.NC(=O)Nc1ccc(C(F)(F)F)cc1.O.[HH].[HH]. The minimum atomic E-state index is -4.37. The molecule has 0 aromatic heterocycles. The summed E-state index contributed by atoms with van der Waals surface area (Å²) >= 11 is 0. The number of nitrogens with two attached hydrogens (primary N) is 1. The highest BCUT2D eigenvalue weighted by atomic mass is 19.4. The Morgan fingerprint density at radius 1 is 1.11 bits per heavy atom. The van der Waals surface area contributed by atoms with Crippen LogP contribution in [0.25, 0.3) is 0 Å². The van der Waals surface area contributed by atoms with Crippen LogP contribution < -0.4 is 16.4 Å². The van der Waals surface area contributed by atoms with Gasteiger partial charge in [0, 0.05) is 21.8 Å². The molecule has 2 aromatic rings. The number of primary amides is 1. The number of hydrogen-bond acceptors (Lipinski definition) is 4. The van der Waals surface area contributed by atoms with Crippen molar-refractivity contribution in [3.8, 4) is 0 Å². The first-order valence-electron chi connectivity index (χ1n) is 11.5. The van der Waals surface area contributed by atoms with Crippen molar-refractivity contribution >= 4 is 29.5 Å². The van der Waals surface area contributed by atoms with Crippen molar-refractivity contribution in [1.82, 2.24) is 0 Å². The Balaban J connectivity index is 0. The van der Waals surface area contributed by atoms with E-state index in [0.29, 0.717) is 18.1 Å². The average Bonchev–Trinajstić information content (AvgIpc) is 2.84. The Morgan fingerprint density at radius 3 is 2.22 bits per heavy atom. The third-order valence-corrected chi connectivity index (χ3v) is 5.74. The molecule has 1 aliphatic carbocycles. The highest BCUT2D eigenvalue weighted by molar-refractivity contribution is 6.30. The lowest BCUT2D eigenvalue weighted by atomic mass is 9.79. The van der Waals surface area contributed by atoms with E-state index in [1.165, 1.54) is 6.07 Å². The van der Waals surface area contributed by atoms with E-state index in [-0.39, 0.29) is 19.7 Å². The van der Waals surface area contributed by atoms with Gasteiger partial charge in [-0.15, -0.1) is 0 Å². The van der Waals surface area contributed by atoms with Crippen LogP contribution in [-0.4, -0.2) is 36.8 Å². The third kappa shape index (κ3) is 10.6. The van der Waals surface area contributed by atoms with Crippen LogP contribution in [-0.2, 0) is 15.7 Å². The van der Waals surface area contributed by atoms with Crippen LogP contribution in [0.1, 0.15) is 52.5 Å². The Bertz CT molecular complexity index is 1040. The number of ether oxygens (including phenoxy) is 1. The largest absolute Gasteiger partial charge is 0.416 e. The number of halogens is 4. The number of anilines is 2. The molecule has 8 nitrogen and oxygen atoms in total. The minimum Gasteiger partial charge on any atom is -0.412 e. The first-order chi connectivity index (χ1) is 17.0. The molecule has 0 radical (unpaired) electrons. The molecule has 1 aliphatic rings. The van der Waals surface area contributed by atoms with Crippen molar-refractivity contribution in [1.29, 1.82) is 5.41 Å². The van der Waals surface area contributed by atoms with E-state index in [9.17, 15) is 27.2 Å². The van der Waals surface area contributed by atoms with Crippen molar-refractivity contribution in [3.05, 3.63) is 59.4 Å². The second-order valence-corrected chi connectivity index (χ2v) is 8.31. The molecule has 0 aliphatic heterocycles. The standard InChI is InChI=1S/C17H23FN2O2.C8H7F3N2O.H2O.2H2/c1-2-22-11-12-3-5-13(6-4-12)14-7-8-16(15(18)9-14)20-17(21)10-19;9-8(10,11)5-1-3-6(4-2-5)13-7(12)14;;;/h7-10,12-13,19H,2-6,11H2,1H3,(H,20,21);1-4H,(H3,12,13,14);1H2;2*1H. The van der Waals surface area contributed by atoms with E-state index in [4.69, 9.17) is 15.9 Å². The van der Waals surface area contributed by atoms with Gasteiger partial charge in [0.2, 0.25) is 0 Å². The van der Waals surface area contributed by atoms with Gasteiger partial charge in [0.15, 0.2) is 0 Å². The highest BCUT2D eigenvalue weighted by Crippen LogP contribution is 2.36. The van der Waals surface area contributed by atoms with Gasteiger partial charge in [0.05, 0.1) is 17.5 Å². The molecule has 3 amide bonds. The Kier molecular flexibility index (Phi) is 12.7. The molecule has 0 heterocycles. The molecule has 0 bridgehead atoms. The lowest BCUT2D eigenvalue weighted by Crippen LogP contribution is -2.19. The molecule has 0 spiro atoms. The fraction of sp³-hybridized carbons (Fsp3) is 0.400.